The standard InChI is InChI=1S/C15H21N3O2/c1-12(2)18(13-6-4-3-5-7-13)15(20)11-17-9-8-16-14(19)10-17/h3-7,12H,8-11H2,1-2H3,(H,16,19). The molecule has 1 fully saturated rings. The van der Waals surface area contributed by atoms with Gasteiger partial charge in [-0.05, 0) is 26.0 Å². The normalized spacial score (nSPS) is 16.1. The Bertz CT molecular complexity index is 473. The van der Waals surface area contributed by atoms with Crippen LogP contribution in [0.4, 0.5) is 5.69 Å². The van der Waals surface area contributed by atoms with E-state index in [1.165, 1.54) is 0 Å². The molecule has 0 saturated carbocycles. The van der Waals surface area contributed by atoms with Gasteiger partial charge in [0.15, 0.2) is 0 Å². The van der Waals surface area contributed by atoms with Crippen LogP contribution in [0.2, 0.25) is 0 Å². The van der Waals surface area contributed by atoms with Crippen molar-refractivity contribution in [1.82, 2.24) is 10.2 Å². The SMILES string of the molecule is CC(C)N(C(=O)CN1CCNC(=O)C1)c1ccccc1. The minimum Gasteiger partial charge on any atom is -0.354 e. The van der Waals surface area contributed by atoms with E-state index in [-0.39, 0.29) is 24.4 Å². The maximum atomic E-state index is 12.5. The first-order valence-corrected chi connectivity index (χ1v) is 6.94. The van der Waals surface area contributed by atoms with Crippen molar-refractivity contribution in [3.05, 3.63) is 30.3 Å². The van der Waals surface area contributed by atoms with Crippen molar-refractivity contribution in [3.8, 4) is 0 Å². The maximum absolute atomic E-state index is 12.5. The topological polar surface area (TPSA) is 52.7 Å². The predicted molar refractivity (Wildman–Crippen MR) is 78.5 cm³/mol. The molecule has 1 aromatic carbocycles. The third-order valence-electron chi connectivity index (χ3n) is 3.30. The van der Waals surface area contributed by atoms with Crippen molar-refractivity contribution in [2.45, 2.75) is 19.9 Å². The van der Waals surface area contributed by atoms with Gasteiger partial charge in [0.05, 0.1) is 13.1 Å². The summed E-state index contributed by atoms with van der Waals surface area (Å²) in [6.07, 6.45) is 0. The quantitative estimate of drug-likeness (QED) is 0.886. The minimum absolute atomic E-state index is 0.0140. The number of carbonyl (C=O) groups is 2. The average Bonchev–Trinajstić information content (AvgIpc) is 2.39. The zero-order valence-electron chi connectivity index (χ0n) is 12.0. The molecule has 0 aromatic heterocycles. The van der Waals surface area contributed by atoms with Crippen LogP contribution in [0.5, 0.6) is 0 Å². The molecule has 5 heteroatoms. The van der Waals surface area contributed by atoms with Crippen molar-refractivity contribution in [3.63, 3.8) is 0 Å². The summed E-state index contributed by atoms with van der Waals surface area (Å²) in [4.78, 5) is 27.5. The average molecular weight is 275 g/mol. The molecular weight excluding hydrogens is 254 g/mol. The van der Waals surface area contributed by atoms with Crippen LogP contribution in [0.3, 0.4) is 0 Å². The number of carbonyl (C=O) groups excluding carboxylic acids is 2. The molecule has 5 nitrogen and oxygen atoms in total. The lowest BCUT2D eigenvalue weighted by molar-refractivity contribution is -0.126. The molecule has 0 atom stereocenters. The molecule has 1 saturated heterocycles. The molecule has 1 aliphatic heterocycles. The van der Waals surface area contributed by atoms with Crippen LogP contribution in [-0.2, 0) is 9.59 Å². The van der Waals surface area contributed by atoms with Crippen molar-refractivity contribution in [1.29, 1.82) is 0 Å². The molecule has 1 N–H and O–H groups in total. The molecule has 2 amide bonds. The molecule has 0 bridgehead atoms. The Labute approximate surface area is 119 Å². The fraction of sp³-hybridized carbons (Fsp3) is 0.467. The first-order chi connectivity index (χ1) is 9.58. The maximum Gasteiger partial charge on any atom is 0.241 e. The lowest BCUT2D eigenvalue weighted by Crippen LogP contribution is -2.52. The third kappa shape index (κ3) is 3.57. The number of anilines is 1. The van der Waals surface area contributed by atoms with Gasteiger partial charge in [-0.1, -0.05) is 18.2 Å². The Hall–Kier alpha value is -1.88. The van der Waals surface area contributed by atoms with Crippen LogP contribution < -0.4 is 10.2 Å². The summed E-state index contributed by atoms with van der Waals surface area (Å²) in [5.41, 5.74) is 0.897. The van der Waals surface area contributed by atoms with E-state index in [1.807, 2.05) is 49.1 Å². The van der Waals surface area contributed by atoms with Gasteiger partial charge in [0.1, 0.15) is 0 Å². The van der Waals surface area contributed by atoms with E-state index in [2.05, 4.69) is 5.32 Å². The van der Waals surface area contributed by atoms with Gasteiger partial charge >= 0.3 is 0 Å². The second-order valence-corrected chi connectivity index (χ2v) is 5.25. The summed E-state index contributed by atoms with van der Waals surface area (Å²) in [6.45, 7) is 5.89. The van der Waals surface area contributed by atoms with Gasteiger partial charge < -0.3 is 10.2 Å². The van der Waals surface area contributed by atoms with Crippen molar-refractivity contribution < 1.29 is 9.59 Å². The third-order valence-corrected chi connectivity index (χ3v) is 3.30. The number of benzene rings is 1. The highest BCUT2D eigenvalue weighted by Crippen LogP contribution is 2.17. The van der Waals surface area contributed by atoms with Crippen molar-refractivity contribution in [2.75, 3.05) is 31.1 Å². The molecule has 0 aliphatic carbocycles. The monoisotopic (exact) mass is 275 g/mol. The van der Waals surface area contributed by atoms with E-state index in [1.54, 1.807) is 4.90 Å². The first-order valence-electron chi connectivity index (χ1n) is 6.94. The lowest BCUT2D eigenvalue weighted by Gasteiger charge is -2.31. The van der Waals surface area contributed by atoms with E-state index >= 15 is 0 Å². The highest BCUT2D eigenvalue weighted by atomic mass is 16.2. The van der Waals surface area contributed by atoms with Crippen LogP contribution in [0.1, 0.15) is 13.8 Å². The van der Waals surface area contributed by atoms with E-state index in [0.717, 1.165) is 12.2 Å². The molecule has 1 aliphatic rings. The number of nitrogens with one attached hydrogen (secondary N) is 1. The Kier molecular flexibility index (Phi) is 4.74. The number of nitrogens with zero attached hydrogens (tertiary/aromatic N) is 2. The van der Waals surface area contributed by atoms with Gasteiger partial charge in [-0.15, -0.1) is 0 Å². The number of amides is 2. The second kappa shape index (κ2) is 6.52. The van der Waals surface area contributed by atoms with Gasteiger partial charge in [0.2, 0.25) is 11.8 Å². The lowest BCUT2D eigenvalue weighted by atomic mass is 10.2. The molecule has 2 rings (SSSR count). The number of hydrogen-bond donors (Lipinski definition) is 1. The number of para-hydroxylation sites is 1. The molecule has 0 unspecified atom stereocenters. The minimum atomic E-state index is -0.0140. The van der Waals surface area contributed by atoms with Gasteiger partial charge in [-0.2, -0.15) is 0 Å². The summed E-state index contributed by atoms with van der Waals surface area (Å²) in [7, 11) is 0. The number of hydrogen-bond acceptors (Lipinski definition) is 3. The fourth-order valence-electron chi connectivity index (χ4n) is 2.41. The van der Waals surface area contributed by atoms with Crippen molar-refractivity contribution >= 4 is 17.5 Å². The van der Waals surface area contributed by atoms with Gasteiger partial charge in [0, 0.05) is 24.8 Å². The Balaban J connectivity index is 2.06. The number of rotatable bonds is 4. The zero-order chi connectivity index (χ0) is 14.5. The molecule has 0 radical (unpaired) electrons. The summed E-state index contributed by atoms with van der Waals surface area (Å²) in [5, 5.41) is 2.76. The number of piperazine rings is 1. The summed E-state index contributed by atoms with van der Waals surface area (Å²) in [6, 6.07) is 9.73. The highest BCUT2D eigenvalue weighted by Gasteiger charge is 2.24. The molecular formula is C15H21N3O2. The van der Waals surface area contributed by atoms with E-state index in [0.29, 0.717) is 13.1 Å². The first kappa shape index (κ1) is 14.5. The smallest absolute Gasteiger partial charge is 0.241 e. The Morgan fingerprint density at radius 2 is 2.05 bits per heavy atom. The summed E-state index contributed by atoms with van der Waals surface area (Å²) in [5.74, 6) is 0.0146. The molecule has 108 valence electrons. The fourth-order valence-corrected chi connectivity index (χ4v) is 2.41. The van der Waals surface area contributed by atoms with E-state index in [4.69, 9.17) is 0 Å². The summed E-state index contributed by atoms with van der Waals surface area (Å²) >= 11 is 0. The van der Waals surface area contributed by atoms with Crippen LogP contribution in [0, 0.1) is 0 Å². The second-order valence-electron chi connectivity index (χ2n) is 5.25. The highest BCUT2D eigenvalue weighted by molar-refractivity contribution is 5.95. The van der Waals surface area contributed by atoms with Crippen LogP contribution in [-0.4, -0.2) is 48.9 Å². The van der Waals surface area contributed by atoms with Crippen molar-refractivity contribution in [2.24, 2.45) is 0 Å². The zero-order valence-corrected chi connectivity index (χ0v) is 12.0. The van der Waals surface area contributed by atoms with E-state index in [9.17, 15) is 9.59 Å². The largest absolute Gasteiger partial charge is 0.354 e. The van der Waals surface area contributed by atoms with E-state index < -0.39 is 0 Å². The molecule has 1 heterocycles. The molecule has 20 heavy (non-hydrogen) atoms. The van der Waals surface area contributed by atoms with Crippen LogP contribution in [0.25, 0.3) is 0 Å². The van der Waals surface area contributed by atoms with Gasteiger partial charge in [0.25, 0.3) is 0 Å². The van der Waals surface area contributed by atoms with Crippen LogP contribution >= 0.6 is 0 Å². The Morgan fingerprint density at radius 3 is 2.65 bits per heavy atom. The Morgan fingerprint density at radius 1 is 1.35 bits per heavy atom. The molecule has 0 spiro atoms. The van der Waals surface area contributed by atoms with Crippen LogP contribution in [0.15, 0.2) is 30.3 Å². The van der Waals surface area contributed by atoms with Gasteiger partial charge in [-0.3, -0.25) is 14.5 Å². The predicted octanol–water partition coefficient (Wildman–Crippen LogP) is 0.860. The summed E-state index contributed by atoms with van der Waals surface area (Å²) < 4.78 is 0. The van der Waals surface area contributed by atoms with Gasteiger partial charge in [-0.25, -0.2) is 0 Å². The molecule has 1 aromatic rings.